The number of ether oxygens (including phenoxy) is 1. The van der Waals surface area contributed by atoms with Crippen LogP contribution in [0.15, 0.2) is 78.9 Å². The Morgan fingerprint density at radius 3 is 2.53 bits per heavy atom. The van der Waals surface area contributed by atoms with Crippen LogP contribution in [0.4, 0.5) is 11.4 Å². The number of pyridine rings is 1. The number of nitrogen functional groups attached to an aromatic ring is 1. The van der Waals surface area contributed by atoms with E-state index in [9.17, 15) is 4.79 Å². The highest BCUT2D eigenvalue weighted by Crippen LogP contribution is 2.25. The van der Waals surface area contributed by atoms with E-state index in [-0.39, 0.29) is 18.3 Å². The fourth-order valence-corrected chi connectivity index (χ4v) is 3.93. The van der Waals surface area contributed by atoms with Crippen LogP contribution >= 0.6 is 12.4 Å². The van der Waals surface area contributed by atoms with Crippen LogP contribution in [-0.4, -0.2) is 17.5 Å². The number of benzene rings is 3. The topological polar surface area (TPSA) is 77.2 Å². The number of unbranched alkanes of at least 4 members (excludes halogenated alkanes) is 2. The maximum atomic E-state index is 13.0. The molecule has 0 spiro atoms. The molecule has 0 atom stereocenters. The summed E-state index contributed by atoms with van der Waals surface area (Å²) in [6, 6.07) is 25.1. The number of halogens is 1. The van der Waals surface area contributed by atoms with E-state index < -0.39 is 0 Å². The fraction of sp³-hybridized carbons (Fsp3) is 0.214. The zero-order valence-corrected chi connectivity index (χ0v) is 20.1. The van der Waals surface area contributed by atoms with E-state index in [0.717, 1.165) is 53.6 Å². The van der Waals surface area contributed by atoms with E-state index in [4.69, 9.17) is 10.5 Å². The molecular formula is C28H30ClN3O2. The molecule has 1 aromatic heterocycles. The molecule has 4 rings (SSSR count). The van der Waals surface area contributed by atoms with Gasteiger partial charge < -0.3 is 15.8 Å². The number of fused-ring (bicyclic) bond motifs is 1. The Labute approximate surface area is 206 Å². The fourth-order valence-electron chi connectivity index (χ4n) is 3.93. The first-order valence-corrected chi connectivity index (χ1v) is 11.3. The van der Waals surface area contributed by atoms with Crippen molar-refractivity contribution in [2.24, 2.45) is 0 Å². The highest BCUT2D eigenvalue weighted by Gasteiger charge is 2.12. The van der Waals surface area contributed by atoms with E-state index in [2.05, 4.69) is 10.3 Å². The Bertz CT molecular complexity index is 1250. The summed E-state index contributed by atoms with van der Waals surface area (Å²) >= 11 is 0. The van der Waals surface area contributed by atoms with Crippen molar-refractivity contribution >= 4 is 40.6 Å². The molecule has 0 aliphatic carbocycles. The summed E-state index contributed by atoms with van der Waals surface area (Å²) < 4.78 is 5.75. The molecule has 34 heavy (non-hydrogen) atoms. The summed E-state index contributed by atoms with van der Waals surface area (Å²) in [5.41, 5.74) is 11.0. The molecule has 0 fully saturated rings. The predicted octanol–water partition coefficient (Wildman–Crippen LogP) is 6.59. The Hall–Kier alpha value is -3.57. The van der Waals surface area contributed by atoms with Gasteiger partial charge in [0, 0.05) is 28.0 Å². The average Bonchev–Trinajstić information content (AvgIpc) is 2.82. The van der Waals surface area contributed by atoms with Crippen molar-refractivity contribution in [2.75, 3.05) is 17.7 Å². The zero-order chi connectivity index (χ0) is 23.0. The van der Waals surface area contributed by atoms with Crippen LogP contribution in [0.3, 0.4) is 0 Å². The van der Waals surface area contributed by atoms with Crippen molar-refractivity contribution < 1.29 is 9.53 Å². The van der Waals surface area contributed by atoms with Gasteiger partial charge in [-0.2, -0.15) is 0 Å². The molecule has 0 bridgehead atoms. The van der Waals surface area contributed by atoms with Gasteiger partial charge in [0.05, 0.1) is 12.1 Å². The van der Waals surface area contributed by atoms with E-state index in [1.165, 1.54) is 0 Å². The number of hydrogen-bond donors (Lipinski definition) is 2. The van der Waals surface area contributed by atoms with Gasteiger partial charge in [-0.15, -0.1) is 12.4 Å². The zero-order valence-electron chi connectivity index (χ0n) is 19.3. The Morgan fingerprint density at radius 2 is 1.71 bits per heavy atom. The van der Waals surface area contributed by atoms with Crippen LogP contribution in [0.5, 0.6) is 5.75 Å². The Morgan fingerprint density at radius 1 is 0.941 bits per heavy atom. The van der Waals surface area contributed by atoms with Crippen molar-refractivity contribution in [3.63, 3.8) is 0 Å². The van der Waals surface area contributed by atoms with Crippen molar-refractivity contribution in [2.45, 2.75) is 32.6 Å². The molecule has 3 N–H and O–H groups in total. The summed E-state index contributed by atoms with van der Waals surface area (Å²) in [4.78, 5) is 17.5. The van der Waals surface area contributed by atoms with Gasteiger partial charge in [0.25, 0.3) is 5.91 Å². The number of rotatable bonds is 9. The normalized spacial score (nSPS) is 10.5. The van der Waals surface area contributed by atoms with Crippen molar-refractivity contribution in [3.8, 4) is 5.75 Å². The number of amides is 1. The Balaban J connectivity index is 0.00000324. The lowest BCUT2D eigenvalue weighted by Gasteiger charge is -2.12. The minimum Gasteiger partial charge on any atom is -0.494 e. The number of carbonyl (C=O) groups excluding carboxylic acids is 1. The minimum absolute atomic E-state index is 0. The van der Waals surface area contributed by atoms with Crippen LogP contribution in [0.2, 0.25) is 0 Å². The van der Waals surface area contributed by atoms with Gasteiger partial charge in [-0.1, -0.05) is 36.4 Å². The van der Waals surface area contributed by atoms with Gasteiger partial charge in [-0.3, -0.25) is 9.78 Å². The first-order chi connectivity index (χ1) is 16.1. The van der Waals surface area contributed by atoms with Gasteiger partial charge >= 0.3 is 0 Å². The van der Waals surface area contributed by atoms with Crippen LogP contribution in [0.25, 0.3) is 10.9 Å². The van der Waals surface area contributed by atoms with Gasteiger partial charge in [0.2, 0.25) is 0 Å². The van der Waals surface area contributed by atoms with Gasteiger partial charge in [-0.05, 0) is 80.6 Å². The number of aryl methyl sites for hydroxylation is 2. The number of aromatic nitrogens is 1. The second-order valence-corrected chi connectivity index (χ2v) is 8.17. The van der Waals surface area contributed by atoms with Gasteiger partial charge in [0.15, 0.2) is 0 Å². The molecule has 1 amide bonds. The number of nitrogens with one attached hydrogen (secondary N) is 1. The quantitative estimate of drug-likeness (QED) is 0.267. The molecule has 0 unspecified atom stereocenters. The molecule has 0 saturated carbocycles. The first-order valence-electron chi connectivity index (χ1n) is 11.3. The number of carbonyl (C=O) groups is 1. The third-order valence-electron chi connectivity index (χ3n) is 5.59. The predicted molar refractivity (Wildman–Crippen MR) is 142 cm³/mol. The highest BCUT2D eigenvalue weighted by molar-refractivity contribution is 6.06. The molecule has 0 saturated heterocycles. The number of anilines is 2. The first kappa shape index (κ1) is 25.1. The lowest BCUT2D eigenvalue weighted by atomic mass is 10.0. The third kappa shape index (κ3) is 6.49. The standard InChI is InChI=1S/C28H29N3O2.ClH/c1-20-18-26(29)25-19-22(15-16-27(25)30-20)31-28(32)24-14-8-7-11-21(24)10-4-3-9-17-33-23-12-5-2-6-13-23;/h2,5-8,11-16,18-19H,3-4,9-10,17H2,1H3,(H2,29,30)(H,31,32);1H. The largest absolute Gasteiger partial charge is 0.494 e. The molecule has 0 aliphatic heterocycles. The summed E-state index contributed by atoms with van der Waals surface area (Å²) in [5, 5.41) is 3.86. The van der Waals surface area contributed by atoms with Gasteiger partial charge in [0.1, 0.15) is 5.75 Å². The second kappa shape index (κ2) is 12.1. The van der Waals surface area contributed by atoms with E-state index >= 15 is 0 Å². The smallest absolute Gasteiger partial charge is 0.255 e. The summed E-state index contributed by atoms with van der Waals surface area (Å²) in [5.74, 6) is 0.789. The number of nitrogens with zero attached hydrogens (tertiary/aromatic N) is 1. The monoisotopic (exact) mass is 475 g/mol. The number of nitrogens with two attached hydrogens (primary N) is 1. The third-order valence-corrected chi connectivity index (χ3v) is 5.59. The van der Waals surface area contributed by atoms with Crippen molar-refractivity contribution in [3.05, 3.63) is 95.7 Å². The van der Waals surface area contributed by atoms with E-state index in [1.54, 1.807) is 0 Å². The minimum atomic E-state index is -0.115. The molecular weight excluding hydrogens is 446 g/mol. The lowest BCUT2D eigenvalue weighted by Crippen LogP contribution is -2.14. The van der Waals surface area contributed by atoms with Crippen molar-refractivity contribution in [1.29, 1.82) is 0 Å². The summed E-state index contributed by atoms with van der Waals surface area (Å²) in [7, 11) is 0. The molecule has 5 nitrogen and oxygen atoms in total. The molecule has 6 heteroatoms. The lowest BCUT2D eigenvalue weighted by molar-refractivity contribution is 0.102. The van der Waals surface area contributed by atoms with E-state index in [0.29, 0.717) is 23.5 Å². The molecule has 1 heterocycles. The second-order valence-electron chi connectivity index (χ2n) is 8.17. The van der Waals surface area contributed by atoms with Crippen LogP contribution < -0.4 is 15.8 Å². The molecule has 0 aliphatic rings. The van der Waals surface area contributed by atoms with Crippen LogP contribution in [-0.2, 0) is 6.42 Å². The van der Waals surface area contributed by atoms with E-state index in [1.807, 2.05) is 85.8 Å². The molecule has 176 valence electrons. The maximum absolute atomic E-state index is 13.0. The maximum Gasteiger partial charge on any atom is 0.255 e. The number of para-hydroxylation sites is 1. The van der Waals surface area contributed by atoms with Crippen molar-refractivity contribution in [1.82, 2.24) is 4.98 Å². The Kier molecular flexibility index (Phi) is 8.88. The SMILES string of the molecule is Cc1cc(N)c2cc(NC(=O)c3ccccc3CCCCCOc3ccccc3)ccc2n1.Cl. The summed E-state index contributed by atoms with van der Waals surface area (Å²) in [6.07, 6.45) is 3.87. The number of hydrogen-bond acceptors (Lipinski definition) is 4. The molecule has 3 aromatic carbocycles. The highest BCUT2D eigenvalue weighted by atomic mass is 35.5. The molecule has 0 radical (unpaired) electrons. The summed E-state index contributed by atoms with van der Waals surface area (Å²) in [6.45, 7) is 2.62. The van der Waals surface area contributed by atoms with Crippen LogP contribution in [0.1, 0.15) is 40.9 Å². The van der Waals surface area contributed by atoms with Crippen LogP contribution in [0, 0.1) is 6.92 Å². The molecule has 4 aromatic rings. The average molecular weight is 476 g/mol. The van der Waals surface area contributed by atoms with Gasteiger partial charge in [-0.25, -0.2) is 0 Å².